The number of hydroxylamine groups is 2. The zero-order valence-electron chi connectivity index (χ0n) is 11.4. The molecule has 2 fully saturated rings. The second kappa shape index (κ2) is 6.04. The fraction of sp³-hybridized carbons (Fsp3) is 0.667. The van der Waals surface area contributed by atoms with Crippen LogP contribution in [0.3, 0.4) is 0 Å². The Labute approximate surface area is 125 Å². The van der Waals surface area contributed by atoms with Crippen molar-refractivity contribution in [2.24, 2.45) is 0 Å². The number of carbonyl (C=O) groups excluding carboxylic acids is 3. The van der Waals surface area contributed by atoms with Crippen molar-refractivity contribution >= 4 is 28.5 Å². The number of hydrogen-bond donors (Lipinski definition) is 3. The zero-order valence-corrected chi connectivity index (χ0v) is 12.2. The first-order valence-electron chi connectivity index (χ1n) is 6.18. The normalized spacial score (nSPS) is 24.4. The van der Waals surface area contributed by atoms with E-state index in [2.05, 4.69) is 14.4 Å². The van der Waals surface area contributed by atoms with Gasteiger partial charge in [0.05, 0.1) is 6.04 Å². The molecule has 2 rings (SSSR count). The number of hydrazine groups is 1. The molecule has 2 heterocycles. The van der Waals surface area contributed by atoms with Crippen molar-refractivity contribution in [3.05, 3.63) is 0 Å². The smallest absolute Gasteiger partial charge is 0.374 e. The largest absolute Gasteiger partial charge is 0.429 e. The van der Waals surface area contributed by atoms with E-state index in [1.165, 1.54) is 7.05 Å². The molecule has 2 aliphatic heterocycles. The average Bonchev–Trinajstić information content (AvgIpc) is 2.63. The molecule has 0 saturated carbocycles. The van der Waals surface area contributed by atoms with Crippen LogP contribution in [0.5, 0.6) is 0 Å². The Morgan fingerprint density at radius 1 is 1.36 bits per heavy atom. The second-order valence-electron chi connectivity index (χ2n) is 4.59. The third-order valence-corrected chi connectivity index (χ3v) is 3.54. The van der Waals surface area contributed by atoms with Gasteiger partial charge in [-0.2, -0.15) is 13.5 Å². The molecule has 2 atom stereocenters. The Bertz CT molecular complexity index is 592. The van der Waals surface area contributed by atoms with E-state index in [-0.39, 0.29) is 19.4 Å². The molecule has 0 aromatic carbocycles. The van der Waals surface area contributed by atoms with Gasteiger partial charge in [0.2, 0.25) is 0 Å². The number of rotatable bonds is 4. The number of esters is 1. The number of urea groups is 1. The Morgan fingerprint density at radius 3 is 2.64 bits per heavy atom. The van der Waals surface area contributed by atoms with Gasteiger partial charge in [0.1, 0.15) is 6.04 Å². The molecular weight excluding hydrogens is 324 g/mol. The number of fused-ring (bicyclic) bond motifs is 2. The summed E-state index contributed by atoms with van der Waals surface area (Å²) in [6.07, 6.45) is -0.634. The van der Waals surface area contributed by atoms with Gasteiger partial charge in [0, 0.05) is 13.6 Å². The summed E-state index contributed by atoms with van der Waals surface area (Å²) in [5.41, 5.74) is 4.30. The maximum absolute atomic E-state index is 12.0. The minimum Gasteiger partial charge on any atom is -0.374 e. The minimum atomic E-state index is -4.85. The summed E-state index contributed by atoms with van der Waals surface area (Å²) >= 11 is 0. The van der Waals surface area contributed by atoms with Crippen LogP contribution in [0.2, 0.25) is 0 Å². The van der Waals surface area contributed by atoms with E-state index in [0.29, 0.717) is 5.06 Å². The molecule has 0 unspecified atom stereocenters. The average molecular weight is 338 g/mol. The second-order valence-corrected chi connectivity index (χ2v) is 5.60. The Balaban J connectivity index is 2.06. The number of amides is 3. The van der Waals surface area contributed by atoms with Gasteiger partial charge in [0.15, 0.2) is 0 Å². The fourth-order valence-electron chi connectivity index (χ4n) is 2.36. The quantitative estimate of drug-likeness (QED) is 0.237. The lowest BCUT2D eigenvalue weighted by atomic mass is 10.0. The van der Waals surface area contributed by atoms with E-state index >= 15 is 0 Å². The maximum atomic E-state index is 12.0. The summed E-state index contributed by atoms with van der Waals surface area (Å²) in [7, 11) is -3.46. The van der Waals surface area contributed by atoms with Gasteiger partial charge in [-0.15, -0.1) is 4.28 Å². The molecule has 13 heteroatoms. The van der Waals surface area contributed by atoms with Gasteiger partial charge in [-0.3, -0.25) is 9.98 Å². The van der Waals surface area contributed by atoms with Crippen molar-refractivity contribution in [2.45, 2.75) is 24.9 Å². The lowest BCUT2D eigenvalue weighted by molar-refractivity contribution is -0.143. The van der Waals surface area contributed by atoms with Crippen LogP contribution in [0.25, 0.3) is 0 Å². The van der Waals surface area contributed by atoms with E-state index < -0.39 is 40.6 Å². The van der Waals surface area contributed by atoms with Crippen LogP contribution in [0.4, 0.5) is 9.59 Å². The van der Waals surface area contributed by atoms with E-state index in [0.717, 1.165) is 4.90 Å². The highest BCUT2D eigenvalue weighted by atomic mass is 32.3. The maximum Gasteiger partial charge on any atom is 0.429 e. The van der Waals surface area contributed by atoms with Crippen molar-refractivity contribution in [1.29, 1.82) is 0 Å². The van der Waals surface area contributed by atoms with Gasteiger partial charge in [0.25, 0.3) is 0 Å². The highest BCUT2D eigenvalue weighted by Crippen LogP contribution is 2.31. The van der Waals surface area contributed by atoms with E-state index in [9.17, 15) is 22.8 Å². The molecule has 22 heavy (non-hydrogen) atoms. The molecule has 2 aliphatic rings. The van der Waals surface area contributed by atoms with Gasteiger partial charge in [-0.25, -0.2) is 19.8 Å². The monoisotopic (exact) mass is 338 g/mol. The molecule has 0 aromatic rings. The van der Waals surface area contributed by atoms with Gasteiger partial charge in [-0.05, 0) is 12.8 Å². The molecule has 3 amide bonds. The summed E-state index contributed by atoms with van der Waals surface area (Å²) in [5.74, 6) is -0.951. The summed E-state index contributed by atoms with van der Waals surface area (Å²) in [4.78, 5) is 36.1. The van der Waals surface area contributed by atoms with Crippen molar-refractivity contribution in [3.63, 3.8) is 0 Å². The summed E-state index contributed by atoms with van der Waals surface area (Å²) in [6.45, 7) is 0.0156. The molecular formula is C9H14N4O8S. The third-order valence-electron chi connectivity index (χ3n) is 3.19. The Kier molecular flexibility index (Phi) is 4.50. The van der Waals surface area contributed by atoms with E-state index in [4.69, 9.17) is 4.55 Å². The van der Waals surface area contributed by atoms with Crippen LogP contribution < -0.4 is 10.9 Å². The van der Waals surface area contributed by atoms with Gasteiger partial charge in [-0.1, -0.05) is 0 Å². The summed E-state index contributed by atoms with van der Waals surface area (Å²) in [5, 5.41) is 0.496. The molecule has 0 spiro atoms. The number of piperidine rings is 1. The van der Waals surface area contributed by atoms with Crippen molar-refractivity contribution < 1.29 is 36.4 Å². The first-order chi connectivity index (χ1) is 10.2. The fourth-order valence-corrected chi connectivity index (χ4v) is 2.75. The van der Waals surface area contributed by atoms with E-state index in [1.807, 2.05) is 5.43 Å². The molecule has 0 aliphatic carbocycles. The summed E-state index contributed by atoms with van der Waals surface area (Å²) < 4.78 is 38.8. The third kappa shape index (κ3) is 3.44. The molecule has 0 radical (unpaired) electrons. The summed E-state index contributed by atoms with van der Waals surface area (Å²) in [6, 6.07) is -2.57. The Hall–Kier alpha value is -1.96. The molecule has 2 bridgehead atoms. The molecule has 12 nitrogen and oxygen atoms in total. The standard InChI is InChI=1S/C9H14N4O8S/c1-10-11-8(15)20-7(14)6-3-2-5-4-12(6)9(16)13(5)21-22(17,18)19/h5-6,10H,2-4H2,1H3,(H,11,15)(H,17,18,19)/t5-,6+/m1/s1. The molecule has 2 saturated heterocycles. The highest BCUT2D eigenvalue weighted by Gasteiger charge is 2.50. The number of carbonyl (C=O) groups is 3. The van der Waals surface area contributed by atoms with Crippen LogP contribution in [0.1, 0.15) is 12.8 Å². The number of nitrogens with one attached hydrogen (secondary N) is 2. The topological polar surface area (TPSA) is 155 Å². The zero-order chi connectivity index (χ0) is 16.5. The van der Waals surface area contributed by atoms with Crippen LogP contribution in [-0.4, -0.2) is 66.7 Å². The lowest BCUT2D eigenvalue weighted by Crippen LogP contribution is -2.48. The predicted octanol–water partition coefficient (Wildman–Crippen LogP) is -1.62. The van der Waals surface area contributed by atoms with Crippen LogP contribution in [0.15, 0.2) is 0 Å². The Morgan fingerprint density at radius 2 is 2.05 bits per heavy atom. The first-order valence-corrected chi connectivity index (χ1v) is 7.54. The molecule has 3 N–H and O–H groups in total. The minimum absolute atomic E-state index is 0.0156. The molecule has 0 aromatic heterocycles. The van der Waals surface area contributed by atoms with Crippen molar-refractivity contribution in [1.82, 2.24) is 20.8 Å². The predicted molar refractivity (Wildman–Crippen MR) is 67.1 cm³/mol. The van der Waals surface area contributed by atoms with Crippen molar-refractivity contribution in [3.8, 4) is 0 Å². The molecule has 124 valence electrons. The number of nitrogens with zero attached hydrogens (tertiary/aromatic N) is 2. The van der Waals surface area contributed by atoms with Crippen molar-refractivity contribution in [2.75, 3.05) is 13.6 Å². The number of ether oxygens (including phenoxy) is 1. The van der Waals surface area contributed by atoms with Crippen LogP contribution in [-0.2, 0) is 24.2 Å². The van der Waals surface area contributed by atoms with Gasteiger partial charge >= 0.3 is 28.5 Å². The van der Waals surface area contributed by atoms with Crippen LogP contribution in [0, 0.1) is 0 Å². The first kappa shape index (κ1) is 16.4. The number of hydrogen-bond acceptors (Lipinski definition) is 8. The highest BCUT2D eigenvalue weighted by molar-refractivity contribution is 7.80. The van der Waals surface area contributed by atoms with Crippen LogP contribution >= 0.6 is 0 Å². The van der Waals surface area contributed by atoms with E-state index in [1.54, 1.807) is 0 Å². The SMILES string of the molecule is CNNC(=O)OC(=O)[C@@H]1CC[C@@H]2CN1C(=O)N2OS(=O)(=O)O. The lowest BCUT2D eigenvalue weighted by Gasteiger charge is -2.27. The van der Waals surface area contributed by atoms with Gasteiger partial charge < -0.3 is 9.64 Å².